The Hall–Kier alpha value is -1.49. The Kier molecular flexibility index (Phi) is 4.85. The predicted molar refractivity (Wildman–Crippen MR) is 78.0 cm³/mol. The maximum Gasteiger partial charge on any atom is 0.0791 e. The minimum Gasteiger partial charge on any atom is -0.390 e. The molecule has 2 N–H and O–H groups in total. The Morgan fingerprint density at radius 2 is 2.05 bits per heavy atom. The van der Waals surface area contributed by atoms with Crippen molar-refractivity contribution in [1.82, 2.24) is 15.2 Å². The van der Waals surface area contributed by atoms with Gasteiger partial charge in [-0.25, -0.2) is 0 Å². The number of nitrogens with one attached hydrogen (secondary N) is 1. The maximum absolute atomic E-state index is 9.79. The smallest absolute Gasteiger partial charge is 0.0791 e. The van der Waals surface area contributed by atoms with Gasteiger partial charge in [-0.05, 0) is 25.7 Å². The summed E-state index contributed by atoms with van der Waals surface area (Å²) in [6.07, 6.45) is 1.46. The molecule has 1 unspecified atom stereocenters. The first-order valence-electron chi connectivity index (χ1n) is 6.53. The lowest BCUT2D eigenvalue weighted by Gasteiger charge is -2.16. The van der Waals surface area contributed by atoms with Crippen LogP contribution in [0.3, 0.4) is 0 Å². The van der Waals surface area contributed by atoms with Crippen LogP contribution in [0.15, 0.2) is 36.5 Å². The van der Waals surface area contributed by atoms with Gasteiger partial charge in [0, 0.05) is 31.2 Å². The molecule has 102 valence electrons. The van der Waals surface area contributed by atoms with Crippen molar-refractivity contribution in [3.05, 3.63) is 42.1 Å². The lowest BCUT2D eigenvalue weighted by atomic mass is 10.1. The van der Waals surface area contributed by atoms with Crippen molar-refractivity contribution in [3.8, 4) is 0 Å². The van der Waals surface area contributed by atoms with E-state index in [0.29, 0.717) is 13.1 Å². The molecule has 0 radical (unpaired) electrons. The van der Waals surface area contributed by atoms with Crippen molar-refractivity contribution in [1.29, 1.82) is 0 Å². The monoisotopic (exact) mass is 259 g/mol. The SMILES string of the molecule is CN(C)CC(O)CNCc1cccc2cccnc12. The molecule has 0 fully saturated rings. The number of para-hydroxylation sites is 1. The average Bonchev–Trinajstić information content (AvgIpc) is 2.38. The molecule has 1 heterocycles. The first-order valence-corrected chi connectivity index (χ1v) is 6.53. The molecule has 2 aromatic rings. The standard InChI is InChI=1S/C15H21N3O/c1-18(2)11-14(19)10-16-9-13-6-3-5-12-7-4-8-17-15(12)13/h3-8,14,16,19H,9-11H2,1-2H3. The quantitative estimate of drug-likeness (QED) is 0.819. The van der Waals surface area contributed by atoms with Gasteiger partial charge in [-0.3, -0.25) is 4.98 Å². The molecule has 1 atom stereocenters. The van der Waals surface area contributed by atoms with Crippen LogP contribution in [0.1, 0.15) is 5.56 Å². The number of fused-ring (bicyclic) bond motifs is 1. The molecule has 19 heavy (non-hydrogen) atoms. The molecule has 1 aromatic heterocycles. The summed E-state index contributed by atoms with van der Waals surface area (Å²) in [6, 6.07) is 10.2. The maximum atomic E-state index is 9.79. The molecule has 0 saturated heterocycles. The van der Waals surface area contributed by atoms with Gasteiger partial charge in [0.25, 0.3) is 0 Å². The van der Waals surface area contributed by atoms with Crippen molar-refractivity contribution >= 4 is 10.9 Å². The third-order valence-corrected chi connectivity index (χ3v) is 2.99. The second-order valence-electron chi connectivity index (χ2n) is 5.04. The van der Waals surface area contributed by atoms with Crippen LogP contribution in [-0.4, -0.2) is 48.3 Å². The van der Waals surface area contributed by atoms with Gasteiger partial charge in [0.2, 0.25) is 0 Å². The summed E-state index contributed by atoms with van der Waals surface area (Å²) in [5, 5.41) is 14.2. The van der Waals surface area contributed by atoms with E-state index >= 15 is 0 Å². The highest BCUT2D eigenvalue weighted by Crippen LogP contribution is 2.15. The Morgan fingerprint density at radius 3 is 2.84 bits per heavy atom. The fourth-order valence-corrected chi connectivity index (χ4v) is 2.17. The van der Waals surface area contributed by atoms with Gasteiger partial charge in [0.1, 0.15) is 0 Å². The van der Waals surface area contributed by atoms with Gasteiger partial charge in [-0.15, -0.1) is 0 Å². The second kappa shape index (κ2) is 6.61. The minimum absolute atomic E-state index is 0.349. The van der Waals surface area contributed by atoms with Crippen LogP contribution in [0, 0.1) is 0 Å². The highest BCUT2D eigenvalue weighted by molar-refractivity contribution is 5.81. The van der Waals surface area contributed by atoms with Gasteiger partial charge in [-0.2, -0.15) is 0 Å². The Morgan fingerprint density at radius 1 is 1.26 bits per heavy atom. The van der Waals surface area contributed by atoms with Crippen LogP contribution < -0.4 is 5.32 Å². The highest BCUT2D eigenvalue weighted by Gasteiger charge is 2.06. The number of nitrogens with zero attached hydrogens (tertiary/aromatic N) is 2. The molecule has 0 amide bonds. The van der Waals surface area contributed by atoms with Crippen molar-refractivity contribution in [2.24, 2.45) is 0 Å². The normalized spacial score (nSPS) is 13.1. The van der Waals surface area contributed by atoms with E-state index in [1.165, 1.54) is 0 Å². The molecule has 0 aliphatic rings. The summed E-state index contributed by atoms with van der Waals surface area (Å²) < 4.78 is 0. The number of aliphatic hydroxyl groups excluding tert-OH is 1. The molecule has 4 nitrogen and oxygen atoms in total. The van der Waals surface area contributed by atoms with E-state index < -0.39 is 0 Å². The van der Waals surface area contributed by atoms with Crippen LogP contribution in [0.4, 0.5) is 0 Å². The van der Waals surface area contributed by atoms with Gasteiger partial charge >= 0.3 is 0 Å². The van der Waals surface area contributed by atoms with E-state index in [4.69, 9.17) is 0 Å². The fraction of sp³-hybridized carbons (Fsp3) is 0.400. The van der Waals surface area contributed by atoms with Crippen molar-refractivity contribution in [3.63, 3.8) is 0 Å². The van der Waals surface area contributed by atoms with E-state index in [1.54, 1.807) is 0 Å². The van der Waals surface area contributed by atoms with Crippen LogP contribution in [-0.2, 0) is 6.54 Å². The molecule has 0 spiro atoms. The molecule has 0 aliphatic carbocycles. The Labute approximate surface area is 114 Å². The number of rotatable bonds is 6. The zero-order valence-electron chi connectivity index (χ0n) is 11.5. The summed E-state index contributed by atoms with van der Waals surface area (Å²) >= 11 is 0. The molecule has 4 heteroatoms. The minimum atomic E-state index is -0.349. The largest absolute Gasteiger partial charge is 0.390 e. The van der Waals surface area contributed by atoms with Gasteiger partial charge < -0.3 is 15.3 Å². The van der Waals surface area contributed by atoms with Crippen molar-refractivity contribution in [2.45, 2.75) is 12.6 Å². The molecule has 0 bridgehead atoms. The van der Waals surface area contributed by atoms with Gasteiger partial charge in [-0.1, -0.05) is 24.3 Å². The summed E-state index contributed by atoms with van der Waals surface area (Å²) in [5.41, 5.74) is 2.19. The summed E-state index contributed by atoms with van der Waals surface area (Å²) in [7, 11) is 3.91. The second-order valence-corrected chi connectivity index (χ2v) is 5.04. The molecule has 1 aromatic carbocycles. The topological polar surface area (TPSA) is 48.4 Å². The fourth-order valence-electron chi connectivity index (χ4n) is 2.17. The van der Waals surface area contributed by atoms with Crippen LogP contribution in [0.2, 0.25) is 0 Å². The molecule has 0 aliphatic heterocycles. The molecular weight excluding hydrogens is 238 g/mol. The average molecular weight is 259 g/mol. The van der Waals surface area contributed by atoms with Crippen LogP contribution >= 0.6 is 0 Å². The van der Waals surface area contributed by atoms with E-state index in [1.807, 2.05) is 37.3 Å². The first-order chi connectivity index (χ1) is 9.16. The number of hydrogen-bond acceptors (Lipinski definition) is 4. The van der Waals surface area contributed by atoms with Crippen molar-refractivity contribution < 1.29 is 5.11 Å². The third-order valence-electron chi connectivity index (χ3n) is 2.99. The van der Waals surface area contributed by atoms with Crippen LogP contribution in [0.25, 0.3) is 10.9 Å². The summed E-state index contributed by atoms with van der Waals surface area (Å²) in [5.74, 6) is 0. The lowest BCUT2D eigenvalue weighted by Crippen LogP contribution is -2.34. The molecule has 2 rings (SSSR count). The number of likely N-dealkylation sites (N-methyl/N-ethyl adjacent to an activating group) is 1. The first kappa shape index (κ1) is 13.9. The van der Waals surface area contributed by atoms with Gasteiger partial charge in [0.15, 0.2) is 0 Å². The Bertz CT molecular complexity index is 522. The van der Waals surface area contributed by atoms with E-state index in [-0.39, 0.29) is 6.10 Å². The lowest BCUT2D eigenvalue weighted by molar-refractivity contribution is 0.134. The number of aromatic nitrogens is 1. The zero-order chi connectivity index (χ0) is 13.7. The molecule has 0 saturated carbocycles. The zero-order valence-corrected chi connectivity index (χ0v) is 11.5. The van der Waals surface area contributed by atoms with Crippen LogP contribution in [0.5, 0.6) is 0 Å². The summed E-state index contributed by atoms with van der Waals surface area (Å²) in [6.45, 7) is 1.97. The van der Waals surface area contributed by atoms with E-state index in [0.717, 1.165) is 23.0 Å². The third kappa shape index (κ3) is 3.99. The highest BCUT2D eigenvalue weighted by atomic mass is 16.3. The number of hydrogen-bond donors (Lipinski definition) is 2. The number of benzene rings is 1. The van der Waals surface area contributed by atoms with Crippen molar-refractivity contribution in [2.75, 3.05) is 27.2 Å². The van der Waals surface area contributed by atoms with E-state index in [9.17, 15) is 5.11 Å². The number of pyridine rings is 1. The van der Waals surface area contributed by atoms with E-state index in [2.05, 4.69) is 28.5 Å². The predicted octanol–water partition coefficient (Wildman–Crippen LogP) is 1.25. The Balaban J connectivity index is 1.95. The number of aliphatic hydroxyl groups is 1. The van der Waals surface area contributed by atoms with Gasteiger partial charge in [0.05, 0.1) is 11.6 Å². The summed E-state index contributed by atoms with van der Waals surface area (Å²) in [4.78, 5) is 6.39. The molecular formula is C15H21N3O.